The van der Waals surface area contributed by atoms with Gasteiger partial charge in [-0.05, 0) is 18.1 Å². The standard InChI is InChI=1S/C10H9BrClNO2/c11-6-2-1-3-8-4-5-9(12)10(7-8)13(14)15/h1,3-5,7H,2,6H2. The van der Waals surface area contributed by atoms with Gasteiger partial charge < -0.3 is 0 Å². The molecule has 0 atom stereocenters. The van der Waals surface area contributed by atoms with Gasteiger partial charge in [0.05, 0.1) is 4.92 Å². The predicted octanol–water partition coefficient (Wildman–Crippen LogP) is 4.05. The van der Waals surface area contributed by atoms with Crippen LogP contribution in [0, 0.1) is 10.1 Å². The van der Waals surface area contributed by atoms with Crippen LogP contribution in [-0.4, -0.2) is 10.3 Å². The van der Waals surface area contributed by atoms with Crippen LogP contribution >= 0.6 is 27.5 Å². The highest BCUT2D eigenvalue weighted by atomic mass is 79.9. The summed E-state index contributed by atoms with van der Waals surface area (Å²) in [6, 6.07) is 4.75. The minimum atomic E-state index is -0.482. The summed E-state index contributed by atoms with van der Waals surface area (Å²) in [5.74, 6) is 0. The van der Waals surface area contributed by atoms with Gasteiger partial charge in [0, 0.05) is 11.4 Å². The molecule has 0 aromatic heterocycles. The van der Waals surface area contributed by atoms with Crippen molar-refractivity contribution in [1.82, 2.24) is 0 Å². The molecule has 0 N–H and O–H groups in total. The van der Waals surface area contributed by atoms with Crippen LogP contribution < -0.4 is 0 Å². The summed E-state index contributed by atoms with van der Waals surface area (Å²) < 4.78 is 0. The zero-order valence-corrected chi connectivity index (χ0v) is 10.2. The van der Waals surface area contributed by atoms with Gasteiger partial charge in [-0.15, -0.1) is 0 Å². The maximum Gasteiger partial charge on any atom is 0.288 e. The van der Waals surface area contributed by atoms with Gasteiger partial charge in [-0.1, -0.05) is 45.7 Å². The molecule has 80 valence electrons. The van der Waals surface area contributed by atoms with Crippen molar-refractivity contribution in [3.05, 3.63) is 45.0 Å². The molecule has 5 heteroatoms. The van der Waals surface area contributed by atoms with Crippen molar-refractivity contribution < 1.29 is 4.92 Å². The molecular formula is C10H9BrClNO2. The zero-order chi connectivity index (χ0) is 11.3. The van der Waals surface area contributed by atoms with E-state index in [0.717, 1.165) is 17.3 Å². The van der Waals surface area contributed by atoms with Crippen LogP contribution in [-0.2, 0) is 0 Å². The monoisotopic (exact) mass is 289 g/mol. The fourth-order valence-corrected chi connectivity index (χ4v) is 1.51. The fourth-order valence-electron chi connectivity index (χ4n) is 1.06. The Morgan fingerprint density at radius 2 is 2.27 bits per heavy atom. The third-order valence-corrected chi connectivity index (χ3v) is 2.53. The topological polar surface area (TPSA) is 43.1 Å². The van der Waals surface area contributed by atoms with Crippen molar-refractivity contribution in [2.75, 3.05) is 5.33 Å². The molecule has 0 amide bonds. The number of alkyl halides is 1. The first-order valence-corrected chi connectivity index (χ1v) is 5.81. The van der Waals surface area contributed by atoms with Gasteiger partial charge in [0.25, 0.3) is 5.69 Å². The van der Waals surface area contributed by atoms with Crippen molar-refractivity contribution in [2.24, 2.45) is 0 Å². The predicted molar refractivity (Wildman–Crippen MR) is 65.6 cm³/mol. The van der Waals surface area contributed by atoms with E-state index in [1.165, 1.54) is 12.1 Å². The van der Waals surface area contributed by atoms with E-state index in [1.807, 2.05) is 12.2 Å². The maximum atomic E-state index is 10.6. The Morgan fingerprint density at radius 3 is 2.87 bits per heavy atom. The summed E-state index contributed by atoms with van der Waals surface area (Å²) >= 11 is 8.97. The van der Waals surface area contributed by atoms with Crippen molar-refractivity contribution in [2.45, 2.75) is 6.42 Å². The van der Waals surface area contributed by atoms with Gasteiger partial charge in [0.2, 0.25) is 0 Å². The summed E-state index contributed by atoms with van der Waals surface area (Å²) in [7, 11) is 0. The average molecular weight is 291 g/mol. The Labute approximate surface area is 101 Å². The maximum absolute atomic E-state index is 10.6. The molecule has 0 aliphatic heterocycles. The fraction of sp³-hybridized carbons (Fsp3) is 0.200. The molecular weight excluding hydrogens is 281 g/mol. The van der Waals surface area contributed by atoms with Crippen molar-refractivity contribution in [1.29, 1.82) is 0 Å². The Balaban J connectivity index is 2.92. The molecule has 0 heterocycles. The largest absolute Gasteiger partial charge is 0.288 e. The first kappa shape index (κ1) is 12.2. The molecule has 0 radical (unpaired) electrons. The van der Waals surface area contributed by atoms with Crippen molar-refractivity contribution >= 4 is 39.3 Å². The third-order valence-electron chi connectivity index (χ3n) is 1.75. The molecule has 1 rings (SSSR count). The average Bonchev–Trinajstić information content (AvgIpc) is 2.20. The van der Waals surface area contributed by atoms with Crippen LogP contribution in [0.1, 0.15) is 12.0 Å². The molecule has 1 aromatic rings. The lowest BCUT2D eigenvalue weighted by Gasteiger charge is -1.96. The van der Waals surface area contributed by atoms with Crippen LogP contribution in [0.5, 0.6) is 0 Å². The highest BCUT2D eigenvalue weighted by molar-refractivity contribution is 9.09. The second-order valence-electron chi connectivity index (χ2n) is 2.85. The van der Waals surface area contributed by atoms with Gasteiger partial charge in [-0.2, -0.15) is 0 Å². The van der Waals surface area contributed by atoms with E-state index in [9.17, 15) is 10.1 Å². The SMILES string of the molecule is O=[N+]([O-])c1cc(C=CCCBr)ccc1Cl. The Morgan fingerprint density at radius 1 is 1.53 bits per heavy atom. The summed E-state index contributed by atoms with van der Waals surface area (Å²) in [5.41, 5.74) is 0.727. The Bertz CT molecular complexity index is 393. The number of nitro groups is 1. The van der Waals surface area contributed by atoms with Crippen LogP contribution in [0.25, 0.3) is 6.08 Å². The number of allylic oxidation sites excluding steroid dienone is 1. The number of nitro benzene ring substituents is 1. The van der Waals surface area contributed by atoms with E-state index < -0.39 is 4.92 Å². The molecule has 0 saturated heterocycles. The summed E-state index contributed by atoms with van der Waals surface area (Å²) in [6.07, 6.45) is 4.67. The second kappa shape index (κ2) is 5.88. The third kappa shape index (κ3) is 3.64. The van der Waals surface area contributed by atoms with E-state index >= 15 is 0 Å². The van der Waals surface area contributed by atoms with E-state index in [-0.39, 0.29) is 10.7 Å². The number of rotatable bonds is 4. The molecule has 0 aliphatic rings. The lowest BCUT2D eigenvalue weighted by molar-refractivity contribution is -0.384. The highest BCUT2D eigenvalue weighted by Gasteiger charge is 2.11. The molecule has 0 fully saturated rings. The quantitative estimate of drug-likeness (QED) is 0.477. The number of nitrogens with zero attached hydrogens (tertiary/aromatic N) is 1. The van der Waals surface area contributed by atoms with Crippen LogP contribution in [0.15, 0.2) is 24.3 Å². The van der Waals surface area contributed by atoms with Crippen molar-refractivity contribution in [3.63, 3.8) is 0 Å². The summed E-state index contributed by atoms with van der Waals surface area (Å²) in [5, 5.41) is 11.6. The number of hydrogen-bond acceptors (Lipinski definition) is 2. The molecule has 0 unspecified atom stereocenters. The minimum Gasteiger partial charge on any atom is -0.258 e. The molecule has 0 aliphatic carbocycles. The van der Waals surface area contributed by atoms with Gasteiger partial charge in [-0.25, -0.2) is 0 Å². The molecule has 0 saturated carbocycles. The van der Waals surface area contributed by atoms with Gasteiger partial charge in [0.1, 0.15) is 5.02 Å². The van der Waals surface area contributed by atoms with Gasteiger partial charge >= 0.3 is 0 Å². The Kier molecular flexibility index (Phi) is 4.78. The molecule has 0 spiro atoms. The normalized spacial score (nSPS) is 10.8. The number of halogens is 2. The van der Waals surface area contributed by atoms with E-state index in [4.69, 9.17) is 11.6 Å². The smallest absolute Gasteiger partial charge is 0.258 e. The lowest BCUT2D eigenvalue weighted by Crippen LogP contribution is -1.89. The first-order valence-electron chi connectivity index (χ1n) is 4.31. The molecule has 0 bridgehead atoms. The van der Waals surface area contributed by atoms with Crippen LogP contribution in [0.4, 0.5) is 5.69 Å². The summed E-state index contributed by atoms with van der Waals surface area (Å²) in [6.45, 7) is 0. The molecule has 3 nitrogen and oxygen atoms in total. The minimum absolute atomic E-state index is 0.0577. The summed E-state index contributed by atoms with van der Waals surface area (Å²) in [4.78, 5) is 10.1. The lowest BCUT2D eigenvalue weighted by atomic mass is 10.2. The van der Waals surface area contributed by atoms with E-state index in [1.54, 1.807) is 6.07 Å². The molecule has 15 heavy (non-hydrogen) atoms. The second-order valence-corrected chi connectivity index (χ2v) is 4.05. The molecule has 1 aromatic carbocycles. The number of benzene rings is 1. The van der Waals surface area contributed by atoms with E-state index in [2.05, 4.69) is 15.9 Å². The van der Waals surface area contributed by atoms with Crippen LogP contribution in [0.2, 0.25) is 5.02 Å². The van der Waals surface area contributed by atoms with Gasteiger partial charge in [-0.3, -0.25) is 10.1 Å². The van der Waals surface area contributed by atoms with E-state index in [0.29, 0.717) is 0 Å². The Hall–Kier alpha value is -0.870. The van der Waals surface area contributed by atoms with Crippen LogP contribution in [0.3, 0.4) is 0 Å². The zero-order valence-electron chi connectivity index (χ0n) is 7.82. The first-order chi connectivity index (χ1) is 7.15. The van der Waals surface area contributed by atoms with Crippen molar-refractivity contribution in [3.8, 4) is 0 Å². The highest BCUT2D eigenvalue weighted by Crippen LogP contribution is 2.25. The van der Waals surface area contributed by atoms with Gasteiger partial charge in [0.15, 0.2) is 0 Å². The number of hydrogen-bond donors (Lipinski definition) is 0.